The Hall–Kier alpha value is -0.491. The molecule has 0 bridgehead atoms. The topological polar surface area (TPSA) is 88.2 Å². The number of unbranched alkanes of at least 4 members (excludes halogenated alkanes) is 13. The molecule has 0 saturated heterocycles. The van der Waals surface area contributed by atoms with E-state index in [1.807, 2.05) is 0 Å². The Morgan fingerprint density at radius 3 is 1.65 bits per heavy atom. The molecule has 0 unspecified atom stereocenters. The third-order valence-electron chi connectivity index (χ3n) is 5.36. The van der Waals surface area contributed by atoms with Crippen LogP contribution in [0, 0.1) is 0 Å². The summed E-state index contributed by atoms with van der Waals surface area (Å²) in [5.41, 5.74) is 2.31. The van der Waals surface area contributed by atoms with Crippen molar-refractivity contribution in [1.29, 1.82) is 0 Å². The Morgan fingerprint density at radius 1 is 0.710 bits per heavy atom. The van der Waals surface area contributed by atoms with Crippen molar-refractivity contribution in [2.75, 3.05) is 20.6 Å². The normalized spacial score (nSPS) is 10.3. The van der Waals surface area contributed by atoms with Crippen molar-refractivity contribution in [3.63, 3.8) is 0 Å². The first-order valence-corrected chi connectivity index (χ1v) is 12.0. The molecule has 0 amide bonds. The van der Waals surface area contributed by atoms with Gasteiger partial charge >= 0.3 is 17.1 Å². The maximum Gasteiger partial charge on any atom is 2.00 e. The average Bonchev–Trinajstić information content (AvgIpc) is 2.67. The Kier molecular flexibility index (Phi) is 29.2. The summed E-state index contributed by atoms with van der Waals surface area (Å²) in [7, 11) is 4.17. The minimum atomic E-state index is 0. The van der Waals surface area contributed by atoms with Crippen LogP contribution in [-0.4, -0.2) is 41.5 Å². The van der Waals surface area contributed by atoms with E-state index in [0.717, 1.165) is 31.0 Å². The van der Waals surface area contributed by atoms with Gasteiger partial charge in [-0.3, -0.25) is 4.98 Å². The van der Waals surface area contributed by atoms with Gasteiger partial charge in [0.15, 0.2) is 0 Å². The fraction of sp³-hybridized carbons (Fsp3) is 0.800. The fourth-order valence-corrected chi connectivity index (χ4v) is 3.70. The van der Waals surface area contributed by atoms with Crippen molar-refractivity contribution in [3.05, 3.63) is 29.6 Å². The van der Waals surface area contributed by atoms with E-state index in [0.29, 0.717) is 0 Å². The predicted molar refractivity (Wildman–Crippen MR) is 128 cm³/mol. The van der Waals surface area contributed by atoms with Crippen LogP contribution in [0.5, 0.6) is 0 Å². The zero-order valence-corrected chi connectivity index (χ0v) is 21.3. The molecule has 0 aliphatic carbocycles. The van der Waals surface area contributed by atoms with Crippen molar-refractivity contribution < 1.29 is 28.0 Å². The summed E-state index contributed by atoms with van der Waals surface area (Å²) in [6.07, 6.45) is 19.9. The summed E-state index contributed by atoms with van der Waals surface area (Å²) in [5, 5.41) is 3.55. The smallest absolute Gasteiger partial charge is 0.870 e. The van der Waals surface area contributed by atoms with Crippen LogP contribution in [0.4, 0.5) is 0 Å². The van der Waals surface area contributed by atoms with Crippen LogP contribution < -0.4 is 5.32 Å². The summed E-state index contributed by atoms with van der Waals surface area (Å²) in [6.45, 7) is 5.20. The second-order valence-corrected chi connectivity index (χ2v) is 8.63. The third-order valence-corrected chi connectivity index (χ3v) is 5.36. The van der Waals surface area contributed by atoms with Crippen LogP contribution >= 0.6 is 0 Å². The van der Waals surface area contributed by atoms with Crippen molar-refractivity contribution in [1.82, 2.24) is 15.2 Å². The maximum absolute atomic E-state index is 4.72. The predicted octanol–water partition coefficient (Wildman–Crippen LogP) is 6.36. The number of pyridine rings is 1. The first kappa shape index (κ1) is 35.1. The van der Waals surface area contributed by atoms with Gasteiger partial charge in [-0.1, -0.05) is 96.5 Å². The van der Waals surface area contributed by atoms with Gasteiger partial charge in [0.05, 0.1) is 11.4 Å². The largest absolute Gasteiger partial charge is 2.00 e. The zero-order chi connectivity index (χ0) is 20.3. The molecular formula is C25H49CuN3O2. The Morgan fingerprint density at radius 2 is 1.16 bits per heavy atom. The van der Waals surface area contributed by atoms with Gasteiger partial charge in [0, 0.05) is 13.1 Å². The summed E-state index contributed by atoms with van der Waals surface area (Å²) >= 11 is 0. The molecule has 5 nitrogen and oxygen atoms in total. The Balaban J connectivity index is -0.00000261. The molecule has 31 heavy (non-hydrogen) atoms. The number of hydrogen-bond acceptors (Lipinski definition) is 5. The van der Waals surface area contributed by atoms with Crippen molar-refractivity contribution in [3.8, 4) is 0 Å². The van der Waals surface area contributed by atoms with E-state index < -0.39 is 0 Å². The van der Waals surface area contributed by atoms with Gasteiger partial charge in [0.2, 0.25) is 0 Å². The van der Waals surface area contributed by atoms with E-state index >= 15 is 0 Å². The molecule has 0 aliphatic heterocycles. The number of nitrogens with zero attached hydrogens (tertiary/aromatic N) is 2. The van der Waals surface area contributed by atoms with E-state index in [4.69, 9.17) is 4.98 Å². The average molecular weight is 487 g/mol. The number of aromatic nitrogens is 1. The Bertz CT molecular complexity index is 476. The SMILES string of the molecule is CCCCCCCCCCCCCCCCNCc1cccc(CN(C)C)n1.[Cu+2].[OH-].[OH-]. The molecule has 0 aliphatic rings. The van der Waals surface area contributed by atoms with Crippen molar-refractivity contribution >= 4 is 0 Å². The molecule has 187 valence electrons. The van der Waals surface area contributed by atoms with E-state index in [9.17, 15) is 0 Å². The first-order valence-electron chi connectivity index (χ1n) is 12.0. The monoisotopic (exact) mass is 486 g/mol. The third kappa shape index (κ3) is 22.5. The minimum absolute atomic E-state index is 0. The minimum Gasteiger partial charge on any atom is -0.870 e. The van der Waals surface area contributed by atoms with E-state index in [-0.39, 0.29) is 28.0 Å². The second kappa shape index (κ2) is 25.8. The molecule has 0 aromatic carbocycles. The van der Waals surface area contributed by atoms with Gasteiger partial charge in [-0.15, -0.1) is 0 Å². The molecule has 1 heterocycles. The fourth-order valence-electron chi connectivity index (χ4n) is 3.70. The van der Waals surface area contributed by atoms with Gasteiger partial charge in [0.1, 0.15) is 0 Å². The Labute approximate surface area is 203 Å². The zero-order valence-electron chi connectivity index (χ0n) is 20.3. The molecule has 6 heteroatoms. The number of nitrogens with one attached hydrogen (secondary N) is 1. The van der Waals surface area contributed by atoms with E-state index in [1.165, 1.54) is 89.9 Å². The molecule has 1 aromatic rings. The van der Waals surface area contributed by atoms with Gasteiger partial charge < -0.3 is 21.2 Å². The second-order valence-electron chi connectivity index (χ2n) is 8.63. The summed E-state index contributed by atoms with van der Waals surface area (Å²) in [5.74, 6) is 0. The molecule has 1 radical (unpaired) electrons. The summed E-state index contributed by atoms with van der Waals surface area (Å²) in [6, 6.07) is 6.35. The van der Waals surface area contributed by atoms with Gasteiger partial charge in [0.25, 0.3) is 0 Å². The van der Waals surface area contributed by atoms with Crippen LogP contribution in [0.15, 0.2) is 18.2 Å². The molecule has 0 spiro atoms. The summed E-state index contributed by atoms with van der Waals surface area (Å²) in [4.78, 5) is 6.88. The molecule has 0 fully saturated rings. The summed E-state index contributed by atoms with van der Waals surface area (Å²) < 4.78 is 0. The first-order chi connectivity index (χ1) is 13.7. The molecular weight excluding hydrogens is 438 g/mol. The standard InChI is InChI=1S/C25H47N3.Cu.2H2O/c1-4-5-6-7-8-9-10-11-12-13-14-15-16-17-21-26-22-24-19-18-20-25(27-24)23-28(2)3;;;/h18-20,26H,4-17,21-23H2,1-3H3;;2*1H2/q;+2;;/p-2. The quantitative estimate of drug-likeness (QED) is 0.181. The van der Waals surface area contributed by atoms with Gasteiger partial charge in [-0.2, -0.15) is 0 Å². The van der Waals surface area contributed by atoms with E-state index in [1.54, 1.807) is 0 Å². The molecule has 0 saturated carbocycles. The molecule has 0 atom stereocenters. The number of hydrogen-bond donors (Lipinski definition) is 1. The van der Waals surface area contributed by atoms with Gasteiger partial charge in [-0.25, -0.2) is 0 Å². The molecule has 1 rings (SSSR count). The molecule has 3 N–H and O–H groups in total. The van der Waals surface area contributed by atoms with Crippen LogP contribution in [0.1, 0.15) is 108 Å². The molecule has 1 aromatic heterocycles. The van der Waals surface area contributed by atoms with Crippen LogP contribution in [0.25, 0.3) is 0 Å². The number of rotatable bonds is 19. The van der Waals surface area contributed by atoms with Crippen LogP contribution in [0.2, 0.25) is 0 Å². The van der Waals surface area contributed by atoms with Crippen LogP contribution in [-0.2, 0) is 30.2 Å². The van der Waals surface area contributed by atoms with E-state index in [2.05, 4.69) is 49.4 Å². The maximum atomic E-state index is 4.72. The van der Waals surface area contributed by atoms with Gasteiger partial charge in [-0.05, 0) is 39.2 Å². The van der Waals surface area contributed by atoms with Crippen LogP contribution in [0.3, 0.4) is 0 Å². The van der Waals surface area contributed by atoms with Crippen molar-refractivity contribution in [2.45, 2.75) is 110 Å². The van der Waals surface area contributed by atoms with Crippen molar-refractivity contribution in [2.24, 2.45) is 0 Å².